The van der Waals surface area contributed by atoms with Gasteiger partial charge in [-0.2, -0.15) is 0 Å². The van der Waals surface area contributed by atoms with E-state index in [9.17, 15) is 29.1 Å². The Morgan fingerprint density at radius 2 is 1.33 bits per heavy atom. The standard InChI is InChI=1S/C35H39N3O8/c1-21(31(40)37-29(33(42)43)18-22-12-6-5-7-13-22)36-32(41)28(19-30(39)46-35(2,3)4)38-34(44)45-20-27-25-16-10-8-14-23(25)24-15-9-11-17-26(24)27/h5-17,21,27-29H,18-20H2,1-4H3,(H,36,41)(H,37,40)(H,38,44)(H,42,43)/t21-,28-,29-/m0/s1. The number of carboxylic acids is 1. The number of amides is 3. The maximum atomic E-state index is 13.3. The predicted octanol–water partition coefficient (Wildman–Crippen LogP) is 3.94. The van der Waals surface area contributed by atoms with E-state index in [-0.39, 0.29) is 18.9 Å². The maximum absolute atomic E-state index is 13.3. The van der Waals surface area contributed by atoms with Crippen LogP contribution in [-0.4, -0.2) is 65.3 Å². The Morgan fingerprint density at radius 1 is 0.761 bits per heavy atom. The van der Waals surface area contributed by atoms with Crippen LogP contribution in [0.4, 0.5) is 4.79 Å². The number of aliphatic carboxylic acids is 1. The number of nitrogens with one attached hydrogen (secondary N) is 3. The Labute approximate surface area is 267 Å². The predicted molar refractivity (Wildman–Crippen MR) is 170 cm³/mol. The summed E-state index contributed by atoms with van der Waals surface area (Å²) in [5, 5.41) is 17.0. The van der Waals surface area contributed by atoms with Crippen molar-refractivity contribution >= 4 is 29.8 Å². The van der Waals surface area contributed by atoms with Gasteiger partial charge in [-0.1, -0.05) is 78.9 Å². The van der Waals surface area contributed by atoms with Gasteiger partial charge in [-0.25, -0.2) is 9.59 Å². The molecule has 0 radical (unpaired) electrons. The Morgan fingerprint density at radius 3 is 1.89 bits per heavy atom. The van der Waals surface area contributed by atoms with Crippen molar-refractivity contribution < 1.29 is 38.6 Å². The van der Waals surface area contributed by atoms with Crippen molar-refractivity contribution in [1.82, 2.24) is 16.0 Å². The Hall–Kier alpha value is -5.19. The first kappa shape index (κ1) is 33.7. The second-order valence-electron chi connectivity index (χ2n) is 12.1. The number of fused-ring (bicyclic) bond motifs is 3. The van der Waals surface area contributed by atoms with E-state index < -0.39 is 60.0 Å². The lowest BCUT2D eigenvalue weighted by Gasteiger charge is -2.24. The van der Waals surface area contributed by atoms with Crippen molar-refractivity contribution in [3.05, 3.63) is 95.6 Å². The number of rotatable bonds is 12. The molecular formula is C35H39N3O8. The summed E-state index contributed by atoms with van der Waals surface area (Å²) in [6.45, 7) is 6.35. The first-order chi connectivity index (χ1) is 21.8. The number of carbonyl (C=O) groups excluding carboxylic acids is 4. The van der Waals surface area contributed by atoms with Crippen LogP contribution in [0.25, 0.3) is 11.1 Å². The van der Waals surface area contributed by atoms with E-state index in [0.29, 0.717) is 5.56 Å². The summed E-state index contributed by atoms with van der Waals surface area (Å²) >= 11 is 0. The van der Waals surface area contributed by atoms with Gasteiger partial charge >= 0.3 is 18.0 Å². The normalized spacial score (nSPS) is 14.1. The van der Waals surface area contributed by atoms with Crippen molar-refractivity contribution in [1.29, 1.82) is 0 Å². The SMILES string of the molecule is C[C@H](NC(=O)[C@H](CC(=O)OC(C)(C)C)NC(=O)OCC1c2ccccc2-c2ccccc21)C(=O)N[C@@H](Cc1ccccc1)C(=O)O. The lowest BCUT2D eigenvalue weighted by atomic mass is 9.98. The first-order valence-electron chi connectivity index (χ1n) is 15.0. The fourth-order valence-electron chi connectivity index (χ4n) is 5.27. The zero-order chi connectivity index (χ0) is 33.4. The highest BCUT2D eigenvalue weighted by Gasteiger charge is 2.32. The second-order valence-corrected chi connectivity index (χ2v) is 12.1. The Balaban J connectivity index is 1.41. The molecule has 0 saturated carbocycles. The third-order valence-corrected chi connectivity index (χ3v) is 7.39. The van der Waals surface area contributed by atoms with Crippen LogP contribution < -0.4 is 16.0 Å². The van der Waals surface area contributed by atoms with Crippen LogP contribution in [0.5, 0.6) is 0 Å². The molecule has 0 saturated heterocycles. The van der Waals surface area contributed by atoms with Crippen molar-refractivity contribution in [3.8, 4) is 11.1 Å². The number of carboxylic acid groups (broad SMARTS) is 1. The number of hydrogen-bond donors (Lipinski definition) is 4. The third kappa shape index (κ3) is 8.93. The van der Waals surface area contributed by atoms with Crippen molar-refractivity contribution in [2.24, 2.45) is 0 Å². The molecule has 11 heteroatoms. The largest absolute Gasteiger partial charge is 0.480 e. The van der Waals surface area contributed by atoms with Gasteiger partial charge in [-0.15, -0.1) is 0 Å². The van der Waals surface area contributed by atoms with Crippen LogP contribution in [0.15, 0.2) is 78.9 Å². The summed E-state index contributed by atoms with van der Waals surface area (Å²) in [6.07, 6.45) is -1.43. The molecule has 0 aromatic heterocycles. The van der Waals surface area contributed by atoms with Crippen LogP contribution >= 0.6 is 0 Å². The number of benzene rings is 3. The number of ether oxygens (including phenoxy) is 2. The van der Waals surface area contributed by atoms with Crippen LogP contribution in [-0.2, 0) is 35.1 Å². The highest BCUT2D eigenvalue weighted by molar-refractivity contribution is 5.94. The van der Waals surface area contributed by atoms with E-state index in [1.807, 2.05) is 48.5 Å². The molecule has 4 rings (SSSR count). The van der Waals surface area contributed by atoms with E-state index in [4.69, 9.17) is 9.47 Å². The molecule has 3 aromatic rings. The molecule has 1 aliphatic carbocycles. The summed E-state index contributed by atoms with van der Waals surface area (Å²) in [5.41, 5.74) is 3.97. The molecule has 0 bridgehead atoms. The number of alkyl carbamates (subject to hydrolysis) is 1. The van der Waals surface area contributed by atoms with Gasteiger partial charge in [0.25, 0.3) is 0 Å². The van der Waals surface area contributed by atoms with Gasteiger partial charge in [0.05, 0.1) is 6.42 Å². The molecule has 0 heterocycles. The molecule has 3 amide bonds. The summed E-state index contributed by atoms with van der Waals surface area (Å²) in [7, 11) is 0. The molecule has 11 nitrogen and oxygen atoms in total. The zero-order valence-corrected chi connectivity index (χ0v) is 26.2. The Bertz CT molecular complexity index is 1540. The van der Waals surface area contributed by atoms with Crippen LogP contribution in [0.1, 0.15) is 56.7 Å². The maximum Gasteiger partial charge on any atom is 0.407 e. The average molecular weight is 630 g/mol. The Kier molecular flexibility index (Phi) is 10.8. The lowest BCUT2D eigenvalue weighted by Crippen LogP contribution is -2.55. The minimum Gasteiger partial charge on any atom is -0.480 e. The molecule has 0 fully saturated rings. The quantitative estimate of drug-likeness (QED) is 0.219. The summed E-state index contributed by atoms with van der Waals surface area (Å²) in [5.74, 6) is -3.82. The highest BCUT2D eigenvalue weighted by Crippen LogP contribution is 2.44. The fraction of sp³-hybridized carbons (Fsp3) is 0.343. The number of carbonyl (C=O) groups is 5. The van der Waals surface area contributed by atoms with Crippen molar-refractivity contribution in [3.63, 3.8) is 0 Å². The molecule has 0 aliphatic heterocycles. The van der Waals surface area contributed by atoms with Crippen LogP contribution in [0, 0.1) is 0 Å². The van der Waals surface area contributed by atoms with E-state index in [1.54, 1.807) is 51.1 Å². The van der Waals surface area contributed by atoms with Crippen LogP contribution in [0.3, 0.4) is 0 Å². The molecule has 46 heavy (non-hydrogen) atoms. The highest BCUT2D eigenvalue weighted by atomic mass is 16.6. The van der Waals surface area contributed by atoms with E-state index in [1.165, 1.54) is 6.92 Å². The molecule has 1 aliphatic rings. The molecule has 4 N–H and O–H groups in total. The monoisotopic (exact) mass is 629 g/mol. The van der Waals surface area contributed by atoms with Gasteiger partial charge in [0.1, 0.15) is 30.3 Å². The summed E-state index contributed by atoms with van der Waals surface area (Å²) < 4.78 is 10.9. The smallest absolute Gasteiger partial charge is 0.407 e. The minimum atomic E-state index is -1.44. The van der Waals surface area contributed by atoms with Crippen LogP contribution in [0.2, 0.25) is 0 Å². The van der Waals surface area contributed by atoms with Gasteiger partial charge in [-0.3, -0.25) is 14.4 Å². The van der Waals surface area contributed by atoms with Gasteiger partial charge < -0.3 is 30.5 Å². The topological polar surface area (TPSA) is 160 Å². The molecule has 3 aromatic carbocycles. The summed E-state index contributed by atoms with van der Waals surface area (Å²) in [6, 6.07) is 20.6. The second kappa shape index (κ2) is 14.7. The van der Waals surface area contributed by atoms with E-state index in [0.717, 1.165) is 22.3 Å². The van der Waals surface area contributed by atoms with E-state index in [2.05, 4.69) is 16.0 Å². The van der Waals surface area contributed by atoms with E-state index >= 15 is 0 Å². The molecular weight excluding hydrogens is 590 g/mol. The van der Waals surface area contributed by atoms with Crippen molar-refractivity contribution in [2.75, 3.05) is 6.61 Å². The molecule has 0 spiro atoms. The minimum absolute atomic E-state index is 0.0164. The van der Waals surface area contributed by atoms with Gasteiger partial charge in [0, 0.05) is 12.3 Å². The molecule has 242 valence electrons. The van der Waals surface area contributed by atoms with Crippen molar-refractivity contribution in [2.45, 2.75) is 70.2 Å². The fourth-order valence-corrected chi connectivity index (χ4v) is 5.27. The number of esters is 1. The average Bonchev–Trinajstić information content (AvgIpc) is 3.32. The zero-order valence-electron chi connectivity index (χ0n) is 26.2. The van der Waals surface area contributed by atoms with Gasteiger partial charge in [0.2, 0.25) is 11.8 Å². The molecule has 0 unspecified atom stereocenters. The van der Waals surface area contributed by atoms with Gasteiger partial charge in [-0.05, 0) is 55.5 Å². The van der Waals surface area contributed by atoms with Gasteiger partial charge in [0.15, 0.2) is 0 Å². The number of hydrogen-bond acceptors (Lipinski definition) is 7. The summed E-state index contributed by atoms with van der Waals surface area (Å²) in [4.78, 5) is 63.7. The first-order valence-corrected chi connectivity index (χ1v) is 15.0. The lowest BCUT2D eigenvalue weighted by molar-refractivity contribution is -0.156. The molecule has 3 atom stereocenters. The third-order valence-electron chi connectivity index (χ3n) is 7.39.